The molecule has 43 heteroatoms. The first-order chi connectivity index (χ1) is 63.2. The van der Waals surface area contributed by atoms with Crippen molar-refractivity contribution in [1.29, 1.82) is 0 Å². The van der Waals surface area contributed by atoms with E-state index in [0.29, 0.717) is 64.2 Å². The predicted molar refractivity (Wildman–Crippen MR) is 481 cm³/mol. The number of aliphatic hydroxyl groups is 1. The molecule has 21 N–H and O–H groups in total. The maximum atomic E-state index is 15.7. The topological polar surface area (TPSA) is 620 Å². The van der Waals surface area contributed by atoms with Crippen LogP contribution in [0.4, 0.5) is 0 Å². The Kier molecular flexibility index (Phi) is 36.9. The molecule has 0 saturated carbocycles. The maximum Gasteiger partial charge on any atom is 0.305 e. The van der Waals surface area contributed by atoms with Crippen molar-refractivity contribution < 1.29 is 102 Å². The highest BCUT2D eigenvalue weighted by Crippen LogP contribution is 2.29. The normalized spacial score (nSPS) is 25.2. The van der Waals surface area contributed by atoms with E-state index in [9.17, 15) is 63.6 Å². The summed E-state index contributed by atoms with van der Waals surface area (Å²) in [6.45, 7) is 3.88. The molecule has 4 aliphatic rings. The van der Waals surface area contributed by atoms with Gasteiger partial charge in [0.1, 0.15) is 90.5 Å². The number of benzene rings is 3. The molecule has 15 unspecified atom stereocenters. The number of carbonyl (C=O) groups excluding carboxylic acids is 15. The van der Waals surface area contributed by atoms with Crippen molar-refractivity contribution in [2.75, 3.05) is 58.3 Å². The number of primary amides is 1. The molecule has 0 radical (unpaired) electrons. The first-order valence-corrected chi connectivity index (χ1v) is 45.8. The van der Waals surface area contributed by atoms with Crippen LogP contribution in [0.2, 0.25) is 0 Å². The second-order valence-electron chi connectivity index (χ2n) is 33.8. The lowest BCUT2D eigenvalue weighted by Gasteiger charge is -2.36. The molecule has 3 aromatic heterocycles. The summed E-state index contributed by atoms with van der Waals surface area (Å²) in [6.07, 6.45) is 2.93. The van der Waals surface area contributed by atoms with E-state index in [4.69, 9.17) is 11.5 Å². The number of thioether (sulfide) groups is 1. The number of phenolic OH excluding ortho intramolecular Hbond substituents is 1. The third-order valence-electron chi connectivity index (χ3n) is 24.3. The van der Waals surface area contributed by atoms with E-state index in [1.165, 1.54) is 67.6 Å². The number of imidazole rings is 1. The monoisotopic (exact) mass is 1850 g/mol. The zero-order chi connectivity index (χ0) is 95.6. The van der Waals surface area contributed by atoms with Gasteiger partial charge in [0.2, 0.25) is 88.6 Å². The number of para-hydroxylation sites is 2. The van der Waals surface area contributed by atoms with Crippen LogP contribution in [0.1, 0.15) is 146 Å². The van der Waals surface area contributed by atoms with Gasteiger partial charge in [-0.05, 0) is 119 Å². The molecule has 7 heterocycles. The smallest absolute Gasteiger partial charge is 0.305 e. The fourth-order valence-corrected chi connectivity index (χ4v) is 18.0. The highest BCUT2D eigenvalue weighted by molar-refractivity contribution is 8.00. The molecular formula is C89H121N21O21S. The van der Waals surface area contributed by atoms with Gasteiger partial charge < -0.3 is 119 Å². The highest BCUT2D eigenvalue weighted by Gasteiger charge is 2.47. The number of carbonyl (C=O) groups is 17. The van der Waals surface area contributed by atoms with E-state index in [-0.39, 0.29) is 127 Å². The third-order valence-corrected chi connectivity index (χ3v) is 25.3. The van der Waals surface area contributed by atoms with Crippen LogP contribution in [-0.2, 0) is 107 Å². The van der Waals surface area contributed by atoms with E-state index >= 15 is 38.4 Å². The van der Waals surface area contributed by atoms with Crippen molar-refractivity contribution in [1.82, 2.24) is 97.6 Å². The number of carboxylic acids is 2. The van der Waals surface area contributed by atoms with Crippen molar-refractivity contribution in [3.63, 3.8) is 0 Å². The Morgan fingerprint density at radius 3 is 1.53 bits per heavy atom. The maximum absolute atomic E-state index is 15.7. The van der Waals surface area contributed by atoms with Crippen molar-refractivity contribution in [2.24, 2.45) is 11.5 Å². The quantitative estimate of drug-likeness (QED) is 0.0292. The molecule has 10 rings (SSSR count). The minimum atomic E-state index is -1.88. The number of hydrogen-bond donors (Lipinski definition) is 19. The molecule has 15 amide bonds. The number of phenols is 1. The number of carboxylic acid groups (broad SMARTS) is 2. The molecule has 3 aromatic carbocycles. The first-order valence-electron chi connectivity index (χ1n) is 44.6. The fraction of sp³-hybridized carbons (Fsp3) is 0.528. The van der Waals surface area contributed by atoms with E-state index in [1.807, 2.05) is 13.8 Å². The molecule has 132 heavy (non-hydrogen) atoms. The number of fused-ring (bicyclic) bond motifs is 5. The molecule has 0 bridgehead atoms. The average molecular weight is 1850 g/mol. The number of nitrogens with two attached hydrogens (primary N) is 2. The number of aliphatic hydroxyl groups excluding tert-OH is 1. The van der Waals surface area contributed by atoms with E-state index < -0.39 is 223 Å². The number of unbranched alkanes of at least 4 members (excludes halogenated alkanes) is 2. The van der Waals surface area contributed by atoms with E-state index in [0.717, 1.165) is 26.5 Å². The van der Waals surface area contributed by atoms with Crippen molar-refractivity contribution >= 4 is 134 Å². The van der Waals surface area contributed by atoms with Crippen LogP contribution in [0, 0.1) is 0 Å². The molecule has 714 valence electrons. The van der Waals surface area contributed by atoms with Gasteiger partial charge in [-0.3, -0.25) is 86.8 Å². The van der Waals surface area contributed by atoms with Gasteiger partial charge in [-0.25, -0.2) is 4.98 Å². The number of nitrogens with one attached hydrogen (secondary N) is 13. The first kappa shape index (κ1) is 101. The van der Waals surface area contributed by atoms with Crippen LogP contribution >= 0.6 is 11.8 Å². The van der Waals surface area contributed by atoms with Gasteiger partial charge >= 0.3 is 11.9 Å². The average Bonchev–Trinajstić information content (AvgIpc) is 1.53. The standard InChI is InChI=1S/C89H121N21O21S/c1-6-8-21-67-81(123)97-49(3)76(118)105-66(77(119)95-45-72(91)112)46-132-47-73(113)98-63(37-50-26-28-54(111)29-27-50)87(129)109-35-16-25-70(109)84(126)104-65(41-75(116)117)88(130)110-36-15-24-69(110)83(125)102-62(40-53-44-92-48-96-53)80(122)100-60(30-31-74(114)115)86(128)108-34-14-23-68(108)82(124)101-61(38-51-42-93-57-19-12-10-17-55(51)57)79(121)99-59(32-33-90)78(120)103-64(39-52-43-94-58-20-13-11-18-56(52)58)85(127)107(5)71(22-9-7-2)89(131)106(67)4/h10-13,17-20,26-29,42-44,48-49,59-71,77,93-95,111,119H,6-9,14-16,21-25,30-41,45-47,90H2,1-5H3,(H2,91,112)(H,92,96)(H,97,123)(H,98,113)(H,99,121)(H,100,122)(H,101,124)(H,102,125)(H,103,120)(H,104,126)(H,105,118)(H,114,115)(H,116,117). The minimum Gasteiger partial charge on any atom is -0.508 e. The number of hydrogen-bond acceptors (Lipinski definition) is 23. The number of rotatable bonds is 25. The van der Waals surface area contributed by atoms with Gasteiger partial charge in [-0.1, -0.05) is 88.1 Å². The van der Waals surface area contributed by atoms with Crippen molar-refractivity contribution in [3.8, 4) is 5.75 Å². The second-order valence-corrected chi connectivity index (χ2v) is 34.8. The molecule has 6 aromatic rings. The van der Waals surface area contributed by atoms with E-state index in [1.54, 1.807) is 60.9 Å². The number of likely N-dealkylation sites (N-methyl/N-ethyl adjacent to an activating group) is 2. The molecule has 4 fully saturated rings. The zero-order valence-corrected chi connectivity index (χ0v) is 75.3. The predicted octanol–water partition coefficient (Wildman–Crippen LogP) is -1.43. The van der Waals surface area contributed by atoms with Gasteiger partial charge in [0.25, 0.3) is 0 Å². The number of aromatic amines is 3. The highest BCUT2D eigenvalue weighted by atomic mass is 32.2. The summed E-state index contributed by atoms with van der Waals surface area (Å²) in [4.78, 5) is 267. The molecule has 15 atom stereocenters. The van der Waals surface area contributed by atoms with Crippen LogP contribution in [0.25, 0.3) is 21.8 Å². The molecule has 4 aliphatic heterocycles. The van der Waals surface area contributed by atoms with Gasteiger partial charge in [0.05, 0.1) is 31.1 Å². The van der Waals surface area contributed by atoms with Crippen molar-refractivity contribution in [2.45, 2.75) is 240 Å². The SMILES string of the molecule is CCCCC1C(=O)N(C)C(CCCC)C(=O)NC(C)C(=O)NC(C(O)NCC(N)=O)CSCC(=O)NC(Cc2ccc(O)cc2)C(=O)N2CCCC2C(=O)NC(CC(=O)O)C(=O)N2CCCC2C(=O)NC(Cc2cnc[nH]2)C(=O)NC(CCC(=O)O)C(=O)N2CCCC2C(=O)NC(Cc2c[nH]c3ccccc23)C(=O)NC(CCN)C(=O)NC(Cc2c[nH]c3ccccc23)C(=O)N1C. The Bertz CT molecular complexity index is 5110. The molecule has 0 spiro atoms. The summed E-state index contributed by atoms with van der Waals surface area (Å²) >= 11 is 0.849. The van der Waals surface area contributed by atoms with Crippen LogP contribution in [0.15, 0.2) is 97.7 Å². The third kappa shape index (κ3) is 27.1. The lowest BCUT2D eigenvalue weighted by atomic mass is 10.00. The lowest BCUT2D eigenvalue weighted by molar-refractivity contribution is -0.149. The molecule has 0 aliphatic carbocycles. The van der Waals surface area contributed by atoms with Gasteiger partial charge in [0, 0.05) is 118 Å². The Hall–Kier alpha value is -13.0. The Morgan fingerprint density at radius 1 is 0.515 bits per heavy atom. The Morgan fingerprint density at radius 2 is 1.00 bits per heavy atom. The van der Waals surface area contributed by atoms with Crippen molar-refractivity contribution in [3.05, 3.63) is 120 Å². The molecule has 4 saturated heterocycles. The van der Waals surface area contributed by atoms with Crippen LogP contribution in [0.3, 0.4) is 0 Å². The summed E-state index contributed by atoms with van der Waals surface area (Å²) in [7, 11) is 2.77. The fourth-order valence-electron chi connectivity index (χ4n) is 17.1. The molecule has 42 nitrogen and oxygen atoms in total. The van der Waals surface area contributed by atoms with Gasteiger partial charge in [-0.2, -0.15) is 0 Å². The summed E-state index contributed by atoms with van der Waals surface area (Å²) in [6, 6.07) is -0.969. The van der Waals surface area contributed by atoms with Gasteiger partial charge in [0.15, 0.2) is 0 Å². The summed E-state index contributed by atoms with van der Waals surface area (Å²) in [5.74, 6) is -17.2. The minimum absolute atomic E-state index is 0.0177. The lowest BCUT2D eigenvalue weighted by Crippen LogP contribution is -2.61. The Balaban J connectivity index is 1.00. The van der Waals surface area contributed by atoms with E-state index in [2.05, 4.69) is 73.1 Å². The largest absolute Gasteiger partial charge is 0.508 e. The van der Waals surface area contributed by atoms with Crippen LogP contribution < -0.4 is 64.6 Å². The zero-order valence-electron chi connectivity index (χ0n) is 74.5. The van der Waals surface area contributed by atoms with Crippen LogP contribution in [0.5, 0.6) is 5.75 Å². The summed E-state index contributed by atoms with van der Waals surface area (Å²) in [5.41, 5.74) is 14.8. The number of aromatic nitrogens is 4. The summed E-state index contributed by atoms with van der Waals surface area (Å²) < 4.78 is 0. The van der Waals surface area contributed by atoms with Crippen LogP contribution in [-0.4, -0.2) is 315 Å². The number of amides is 15. The summed E-state index contributed by atoms with van der Waals surface area (Å²) in [5, 5.41) is 70.3. The number of aliphatic carboxylic acids is 2. The number of nitrogens with zero attached hydrogens (tertiary/aromatic N) is 6. The number of H-pyrrole nitrogens is 3. The molecular weight excluding hydrogens is 1730 g/mol. The number of aromatic hydroxyl groups is 1. The Labute approximate surface area is 765 Å². The second kappa shape index (κ2) is 48.2. The van der Waals surface area contributed by atoms with Gasteiger partial charge in [-0.15, -0.1) is 11.8 Å².